The van der Waals surface area contributed by atoms with Crippen molar-refractivity contribution in [3.8, 4) is 0 Å². The highest BCUT2D eigenvalue weighted by Crippen LogP contribution is 2.20. The molecule has 0 saturated heterocycles. The van der Waals surface area contributed by atoms with Crippen LogP contribution in [0.2, 0.25) is 5.02 Å². The molecule has 0 aliphatic rings. The predicted molar refractivity (Wildman–Crippen MR) is 107 cm³/mol. The van der Waals surface area contributed by atoms with Crippen LogP contribution in [0, 0.1) is 6.92 Å². The van der Waals surface area contributed by atoms with Crippen molar-refractivity contribution >= 4 is 40.7 Å². The molecule has 0 unspecified atom stereocenters. The van der Waals surface area contributed by atoms with Gasteiger partial charge < -0.3 is 15.4 Å². The molecule has 3 rings (SSSR count). The summed E-state index contributed by atoms with van der Waals surface area (Å²) in [6, 6.07) is 15.2. The number of carbonyl (C=O) groups is 2. The topological polar surface area (TPSA) is 93.2 Å². The minimum Gasteiger partial charge on any atom is -0.465 e. The lowest BCUT2D eigenvalue weighted by Gasteiger charge is -2.09. The molecule has 0 spiro atoms. The molecule has 0 aliphatic carbocycles. The van der Waals surface area contributed by atoms with Gasteiger partial charge in [-0.25, -0.2) is 4.79 Å². The van der Waals surface area contributed by atoms with E-state index in [1.165, 1.54) is 7.11 Å². The molecule has 2 aromatic carbocycles. The van der Waals surface area contributed by atoms with Gasteiger partial charge >= 0.3 is 5.97 Å². The second-order valence-corrected chi connectivity index (χ2v) is 6.35. The highest BCUT2D eigenvalue weighted by atomic mass is 35.5. The van der Waals surface area contributed by atoms with Gasteiger partial charge in [0, 0.05) is 16.4 Å². The van der Waals surface area contributed by atoms with Gasteiger partial charge in [-0.15, -0.1) is 10.2 Å². The normalized spacial score (nSPS) is 10.2. The smallest absolute Gasteiger partial charge is 0.337 e. The van der Waals surface area contributed by atoms with Gasteiger partial charge in [0.1, 0.15) is 0 Å². The average Bonchev–Trinajstić information content (AvgIpc) is 2.70. The Kier molecular flexibility index (Phi) is 5.86. The number of anilines is 3. The van der Waals surface area contributed by atoms with Gasteiger partial charge in [-0.05, 0) is 61.0 Å². The Morgan fingerprint density at radius 3 is 2.54 bits per heavy atom. The number of hydrogen-bond donors (Lipinski definition) is 2. The molecular weight excluding hydrogens is 380 g/mol. The number of amides is 1. The van der Waals surface area contributed by atoms with Crippen molar-refractivity contribution in [2.75, 3.05) is 17.7 Å². The van der Waals surface area contributed by atoms with Crippen LogP contribution in [0.15, 0.2) is 54.6 Å². The van der Waals surface area contributed by atoms with Crippen LogP contribution < -0.4 is 10.6 Å². The van der Waals surface area contributed by atoms with E-state index in [4.69, 9.17) is 16.3 Å². The number of esters is 1. The number of hydrogen-bond acceptors (Lipinski definition) is 6. The fourth-order valence-electron chi connectivity index (χ4n) is 2.46. The Hall–Kier alpha value is -3.45. The number of ether oxygens (including phenoxy) is 1. The van der Waals surface area contributed by atoms with E-state index < -0.39 is 5.97 Å². The van der Waals surface area contributed by atoms with Crippen LogP contribution in [0.5, 0.6) is 0 Å². The van der Waals surface area contributed by atoms with Crippen molar-refractivity contribution in [1.82, 2.24) is 10.2 Å². The van der Waals surface area contributed by atoms with E-state index >= 15 is 0 Å². The molecule has 28 heavy (non-hydrogen) atoms. The van der Waals surface area contributed by atoms with Gasteiger partial charge in [-0.2, -0.15) is 0 Å². The van der Waals surface area contributed by atoms with Gasteiger partial charge in [0.15, 0.2) is 11.5 Å². The largest absolute Gasteiger partial charge is 0.465 e. The molecule has 0 aliphatic heterocycles. The highest BCUT2D eigenvalue weighted by Gasteiger charge is 2.11. The molecule has 0 saturated carbocycles. The molecule has 1 aromatic heterocycles. The molecule has 7 nitrogen and oxygen atoms in total. The molecule has 1 heterocycles. The SMILES string of the molecule is COC(=O)c1cccc(Nc2ccc(C(=O)Nc3ccc(Cl)cc3C)nn2)c1. The second kappa shape index (κ2) is 8.49. The van der Waals surface area contributed by atoms with Crippen molar-refractivity contribution in [2.24, 2.45) is 0 Å². The number of methoxy groups -OCH3 is 1. The zero-order chi connectivity index (χ0) is 20.1. The first-order valence-electron chi connectivity index (χ1n) is 8.33. The van der Waals surface area contributed by atoms with Gasteiger partial charge in [-0.3, -0.25) is 4.79 Å². The van der Waals surface area contributed by atoms with Crippen molar-refractivity contribution < 1.29 is 14.3 Å². The van der Waals surface area contributed by atoms with Crippen molar-refractivity contribution in [3.05, 3.63) is 76.4 Å². The summed E-state index contributed by atoms with van der Waals surface area (Å²) in [6.07, 6.45) is 0. The van der Waals surface area contributed by atoms with Gasteiger partial charge in [0.2, 0.25) is 0 Å². The van der Waals surface area contributed by atoms with Crippen LogP contribution in [-0.2, 0) is 4.74 Å². The third kappa shape index (κ3) is 4.63. The molecule has 3 aromatic rings. The Morgan fingerprint density at radius 1 is 1.04 bits per heavy atom. The van der Waals surface area contributed by atoms with E-state index in [9.17, 15) is 9.59 Å². The van der Waals surface area contributed by atoms with Crippen LogP contribution in [-0.4, -0.2) is 29.2 Å². The maximum absolute atomic E-state index is 12.4. The number of nitrogens with zero attached hydrogens (tertiary/aromatic N) is 2. The summed E-state index contributed by atoms with van der Waals surface area (Å²) >= 11 is 5.92. The van der Waals surface area contributed by atoms with E-state index in [2.05, 4.69) is 20.8 Å². The number of benzene rings is 2. The molecule has 0 atom stereocenters. The van der Waals surface area contributed by atoms with Crippen LogP contribution in [0.25, 0.3) is 0 Å². The molecule has 0 bridgehead atoms. The van der Waals surface area contributed by atoms with E-state index in [0.717, 1.165) is 5.56 Å². The summed E-state index contributed by atoms with van der Waals surface area (Å²) in [4.78, 5) is 24.0. The molecule has 142 valence electrons. The average molecular weight is 397 g/mol. The first-order chi connectivity index (χ1) is 13.5. The monoisotopic (exact) mass is 396 g/mol. The maximum atomic E-state index is 12.4. The number of carbonyl (C=O) groups excluding carboxylic acids is 2. The zero-order valence-electron chi connectivity index (χ0n) is 15.2. The van der Waals surface area contributed by atoms with Gasteiger partial charge in [0.25, 0.3) is 5.91 Å². The summed E-state index contributed by atoms with van der Waals surface area (Å²) in [5.41, 5.74) is 2.72. The second-order valence-electron chi connectivity index (χ2n) is 5.91. The predicted octanol–water partition coefficient (Wildman–Crippen LogP) is 4.22. The first kappa shape index (κ1) is 19.3. The van der Waals surface area contributed by atoms with Crippen molar-refractivity contribution in [1.29, 1.82) is 0 Å². The lowest BCUT2D eigenvalue weighted by Crippen LogP contribution is -2.15. The Labute approximate surface area is 166 Å². The minimum absolute atomic E-state index is 0.170. The minimum atomic E-state index is -0.431. The summed E-state index contributed by atoms with van der Waals surface area (Å²) in [5.74, 6) is -0.377. The summed E-state index contributed by atoms with van der Waals surface area (Å²) in [7, 11) is 1.32. The molecule has 1 amide bonds. The summed E-state index contributed by atoms with van der Waals surface area (Å²) < 4.78 is 4.70. The fourth-order valence-corrected chi connectivity index (χ4v) is 2.69. The quantitative estimate of drug-likeness (QED) is 0.627. The molecule has 0 fully saturated rings. The van der Waals surface area contributed by atoms with Gasteiger partial charge in [0.05, 0.1) is 12.7 Å². The maximum Gasteiger partial charge on any atom is 0.337 e. The standard InChI is InChI=1S/C20H17ClN4O3/c1-12-10-14(21)6-7-16(12)23-19(26)17-8-9-18(25-24-17)22-15-5-3-4-13(11-15)20(27)28-2/h3-11H,1-2H3,(H,22,25)(H,23,26). The fraction of sp³-hybridized carbons (Fsp3) is 0.100. The first-order valence-corrected chi connectivity index (χ1v) is 8.70. The Balaban J connectivity index is 1.69. The van der Waals surface area contributed by atoms with Crippen molar-refractivity contribution in [2.45, 2.75) is 6.92 Å². The molecular formula is C20H17ClN4O3. The van der Waals surface area contributed by atoms with E-state index in [0.29, 0.717) is 27.8 Å². The number of rotatable bonds is 5. The van der Waals surface area contributed by atoms with Crippen LogP contribution in [0.3, 0.4) is 0 Å². The van der Waals surface area contributed by atoms with E-state index in [1.54, 1.807) is 54.6 Å². The number of aryl methyl sites for hydroxylation is 1. The Bertz CT molecular complexity index is 1020. The van der Waals surface area contributed by atoms with Crippen LogP contribution in [0.4, 0.5) is 17.2 Å². The number of halogens is 1. The third-order valence-corrected chi connectivity index (χ3v) is 4.13. The lowest BCUT2D eigenvalue weighted by atomic mass is 10.2. The summed E-state index contributed by atoms with van der Waals surface area (Å²) in [6.45, 7) is 1.85. The lowest BCUT2D eigenvalue weighted by molar-refractivity contribution is 0.0600. The zero-order valence-corrected chi connectivity index (χ0v) is 15.9. The number of nitrogens with one attached hydrogen (secondary N) is 2. The molecule has 2 N–H and O–H groups in total. The van der Waals surface area contributed by atoms with Gasteiger partial charge in [-0.1, -0.05) is 17.7 Å². The number of aromatic nitrogens is 2. The van der Waals surface area contributed by atoms with E-state index in [-0.39, 0.29) is 11.6 Å². The van der Waals surface area contributed by atoms with Crippen molar-refractivity contribution in [3.63, 3.8) is 0 Å². The molecule has 0 radical (unpaired) electrons. The molecule has 8 heteroatoms. The summed E-state index contributed by atoms with van der Waals surface area (Å²) in [5, 5.41) is 14.4. The van der Waals surface area contributed by atoms with Crippen LogP contribution >= 0.6 is 11.6 Å². The highest BCUT2D eigenvalue weighted by molar-refractivity contribution is 6.30. The van der Waals surface area contributed by atoms with E-state index in [1.807, 2.05) is 6.92 Å². The van der Waals surface area contributed by atoms with Crippen LogP contribution in [0.1, 0.15) is 26.4 Å². The third-order valence-electron chi connectivity index (χ3n) is 3.89. The Morgan fingerprint density at radius 2 is 1.86 bits per heavy atom.